The summed E-state index contributed by atoms with van der Waals surface area (Å²) in [4.78, 5) is 11.2. The Kier molecular flexibility index (Phi) is 3.96. The topological polar surface area (TPSA) is 77.2 Å². The highest BCUT2D eigenvalue weighted by Gasteiger charge is 2.32. The maximum Gasteiger partial charge on any atom is 0.358 e. The van der Waals surface area contributed by atoms with Gasteiger partial charge in [-0.05, 0) is 19.3 Å². The Morgan fingerprint density at radius 3 is 2.78 bits per heavy atom. The van der Waals surface area contributed by atoms with Gasteiger partial charge in [-0.2, -0.15) is 0 Å². The van der Waals surface area contributed by atoms with Crippen molar-refractivity contribution in [3.63, 3.8) is 0 Å². The van der Waals surface area contributed by atoms with Crippen molar-refractivity contribution in [2.45, 2.75) is 44.6 Å². The molecule has 1 N–H and O–H groups in total. The van der Waals surface area contributed by atoms with E-state index in [1.54, 1.807) is 11.8 Å². The molecule has 0 spiro atoms. The predicted molar refractivity (Wildman–Crippen MR) is 64.8 cm³/mol. The van der Waals surface area contributed by atoms with E-state index >= 15 is 0 Å². The number of nitrogens with zero attached hydrogens (tertiary/aromatic N) is 3. The fourth-order valence-electron chi connectivity index (χ4n) is 2.34. The van der Waals surface area contributed by atoms with Gasteiger partial charge in [0.25, 0.3) is 0 Å². The van der Waals surface area contributed by atoms with Gasteiger partial charge in [-0.15, -0.1) is 5.10 Å². The predicted octanol–water partition coefficient (Wildman–Crippen LogP) is 1.84. The van der Waals surface area contributed by atoms with Gasteiger partial charge in [-0.3, -0.25) is 0 Å². The number of aromatic carboxylic acids is 1. The van der Waals surface area contributed by atoms with Crippen LogP contribution in [0.2, 0.25) is 0 Å². The number of rotatable bonds is 6. The minimum absolute atomic E-state index is 0.0613. The van der Waals surface area contributed by atoms with E-state index in [1.807, 2.05) is 6.92 Å². The molecule has 0 bridgehead atoms. The second-order valence-electron chi connectivity index (χ2n) is 4.72. The lowest BCUT2D eigenvalue weighted by Gasteiger charge is -2.28. The van der Waals surface area contributed by atoms with E-state index in [2.05, 4.69) is 10.3 Å². The molecule has 1 heterocycles. The third-order valence-electron chi connectivity index (χ3n) is 3.60. The summed E-state index contributed by atoms with van der Waals surface area (Å²) < 4.78 is 6.93. The Morgan fingerprint density at radius 2 is 2.33 bits per heavy atom. The molecule has 6 nitrogen and oxygen atoms in total. The lowest BCUT2D eigenvalue weighted by molar-refractivity contribution is 0.0687. The Balaban J connectivity index is 2.36. The minimum atomic E-state index is -0.990. The van der Waals surface area contributed by atoms with E-state index in [0.717, 1.165) is 31.4 Å². The summed E-state index contributed by atoms with van der Waals surface area (Å²) in [5.41, 5.74) is 0.881. The second kappa shape index (κ2) is 5.48. The monoisotopic (exact) mass is 253 g/mol. The fraction of sp³-hybridized carbons (Fsp3) is 0.750. The van der Waals surface area contributed by atoms with Gasteiger partial charge in [-0.1, -0.05) is 18.6 Å². The van der Waals surface area contributed by atoms with Crippen molar-refractivity contribution in [1.29, 1.82) is 0 Å². The number of hydrogen-bond donors (Lipinski definition) is 1. The first-order valence-electron chi connectivity index (χ1n) is 6.36. The Hall–Kier alpha value is -1.43. The molecule has 1 fully saturated rings. The number of carboxylic acids is 1. The first-order chi connectivity index (χ1) is 8.69. The van der Waals surface area contributed by atoms with Crippen molar-refractivity contribution in [2.24, 2.45) is 0 Å². The normalized spacial score (nSPS) is 17.4. The molecule has 1 saturated carbocycles. The largest absolute Gasteiger partial charge is 0.476 e. The molecule has 100 valence electrons. The SMILES string of the molecule is CCC(COC)n1nnc(C(=O)O)c1C1CCC1. The van der Waals surface area contributed by atoms with Gasteiger partial charge < -0.3 is 9.84 Å². The van der Waals surface area contributed by atoms with Crippen LogP contribution in [0.25, 0.3) is 0 Å². The summed E-state index contributed by atoms with van der Waals surface area (Å²) >= 11 is 0. The third-order valence-corrected chi connectivity index (χ3v) is 3.60. The van der Waals surface area contributed by atoms with Gasteiger partial charge in [-0.25, -0.2) is 9.48 Å². The first kappa shape index (κ1) is 13.0. The lowest BCUT2D eigenvalue weighted by Crippen LogP contribution is -2.23. The summed E-state index contributed by atoms with van der Waals surface area (Å²) in [6.07, 6.45) is 4.04. The average molecular weight is 253 g/mol. The molecular weight excluding hydrogens is 234 g/mol. The lowest BCUT2D eigenvalue weighted by atomic mass is 9.82. The highest BCUT2D eigenvalue weighted by atomic mass is 16.5. The van der Waals surface area contributed by atoms with Gasteiger partial charge in [0.2, 0.25) is 0 Å². The van der Waals surface area contributed by atoms with Gasteiger partial charge in [0.15, 0.2) is 5.69 Å². The highest BCUT2D eigenvalue weighted by Crippen LogP contribution is 2.38. The van der Waals surface area contributed by atoms with Gasteiger partial charge >= 0.3 is 5.97 Å². The second-order valence-corrected chi connectivity index (χ2v) is 4.72. The van der Waals surface area contributed by atoms with Crippen LogP contribution in [0.1, 0.15) is 60.7 Å². The van der Waals surface area contributed by atoms with Gasteiger partial charge in [0.05, 0.1) is 18.3 Å². The van der Waals surface area contributed by atoms with E-state index in [9.17, 15) is 9.90 Å². The maximum atomic E-state index is 11.2. The van der Waals surface area contributed by atoms with Crippen LogP contribution >= 0.6 is 0 Å². The van der Waals surface area contributed by atoms with E-state index in [-0.39, 0.29) is 17.7 Å². The molecule has 18 heavy (non-hydrogen) atoms. The van der Waals surface area contributed by atoms with Crippen molar-refractivity contribution in [3.05, 3.63) is 11.4 Å². The number of aromatic nitrogens is 3. The van der Waals surface area contributed by atoms with Crippen LogP contribution in [0.15, 0.2) is 0 Å². The number of methoxy groups -OCH3 is 1. The molecule has 0 aromatic carbocycles. The molecule has 6 heteroatoms. The summed E-state index contributed by atoms with van der Waals surface area (Å²) in [6.45, 7) is 2.56. The van der Waals surface area contributed by atoms with Crippen molar-refractivity contribution in [1.82, 2.24) is 15.0 Å². The van der Waals surface area contributed by atoms with Crippen LogP contribution in [0, 0.1) is 0 Å². The molecule has 1 unspecified atom stereocenters. The van der Waals surface area contributed by atoms with Crippen molar-refractivity contribution in [2.75, 3.05) is 13.7 Å². The summed E-state index contributed by atoms with van der Waals surface area (Å²) in [5.74, 6) is -0.701. The van der Waals surface area contributed by atoms with Crippen LogP contribution in [0.4, 0.5) is 0 Å². The third kappa shape index (κ3) is 2.25. The molecule has 0 saturated heterocycles. The molecule has 1 atom stereocenters. The Labute approximate surface area is 106 Å². The molecule has 0 amide bonds. The fourth-order valence-corrected chi connectivity index (χ4v) is 2.34. The summed E-state index contributed by atoms with van der Waals surface area (Å²) in [5, 5.41) is 17.0. The van der Waals surface area contributed by atoms with Gasteiger partial charge in [0, 0.05) is 13.0 Å². The maximum absolute atomic E-state index is 11.2. The quantitative estimate of drug-likeness (QED) is 0.837. The Morgan fingerprint density at radius 1 is 1.61 bits per heavy atom. The van der Waals surface area contributed by atoms with Crippen molar-refractivity contribution in [3.8, 4) is 0 Å². The zero-order valence-electron chi connectivity index (χ0n) is 10.8. The van der Waals surface area contributed by atoms with Crippen LogP contribution in [0.5, 0.6) is 0 Å². The summed E-state index contributed by atoms with van der Waals surface area (Å²) in [7, 11) is 1.64. The molecule has 0 radical (unpaired) electrons. The molecule has 0 aliphatic heterocycles. The minimum Gasteiger partial charge on any atom is -0.476 e. The summed E-state index contributed by atoms with van der Waals surface area (Å²) in [6, 6.07) is 0.0613. The molecular formula is C12H19N3O3. The van der Waals surface area contributed by atoms with Crippen molar-refractivity contribution < 1.29 is 14.6 Å². The van der Waals surface area contributed by atoms with Crippen LogP contribution in [-0.2, 0) is 4.74 Å². The molecule has 2 rings (SSSR count). The van der Waals surface area contributed by atoms with E-state index in [4.69, 9.17) is 4.74 Å². The standard InChI is InChI=1S/C12H19N3O3/c1-3-9(7-18-2)15-11(8-5-4-6-8)10(12(16)17)13-14-15/h8-9H,3-7H2,1-2H3,(H,16,17). The molecule has 1 aromatic rings. The average Bonchev–Trinajstić information content (AvgIpc) is 2.68. The van der Waals surface area contributed by atoms with Crippen LogP contribution in [0.3, 0.4) is 0 Å². The Bertz CT molecular complexity index is 426. The zero-order valence-corrected chi connectivity index (χ0v) is 10.8. The molecule has 1 aliphatic carbocycles. The smallest absolute Gasteiger partial charge is 0.358 e. The van der Waals surface area contributed by atoms with Gasteiger partial charge in [0.1, 0.15) is 0 Å². The number of hydrogen-bond acceptors (Lipinski definition) is 4. The number of ether oxygens (including phenoxy) is 1. The molecule has 1 aromatic heterocycles. The number of carboxylic acid groups (broad SMARTS) is 1. The molecule has 1 aliphatic rings. The zero-order chi connectivity index (χ0) is 13.1. The number of carbonyl (C=O) groups is 1. The van der Waals surface area contributed by atoms with E-state index in [1.165, 1.54) is 0 Å². The van der Waals surface area contributed by atoms with Crippen LogP contribution in [-0.4, -0.2) is 39.8 Å². The highest BCUT2D eigenvalue weighted by molar-refractivity contribution is 5.86. The first-order valence-corrected chi connectivity index (χ1v) is 6.36. The van der Waals surface area contributed by atoms with Crippen LogP contribution < -0.4 is 0 Å². The van der Waals surface area contributed by atoms with Crippen molar-refractivity contribution >= 4 is 5.97 Å². The van der Waals surface area contributed by atoms with E-state index < -0.39 is 5.97 Å². The van der Waals surface area contributed by atoms with E-state index in [0.29, 0.717) is 6.61 Å².